The Labute approximate surface area is 187 Å². The minimum Gasteiger partial charge on any atom is -0.497 e. The Kier molecular flexibility index (Phi) is 7.46. The molecule has 0 radical (unpaired) electrons. The lowest BCUT2D eigenvalue weighted by atomic mass is 10.2. The third-order valence-corrected chi connectivity index (χ3v) is 5.38. The zero-order valence-electron chi connectivity index (χ0n) is 17.9. The van der Waals surface area contributed by atoms with E-state index >= 15 is 0 Å². The quantitative estimate of drug-likeness (QED) is 0.711. The number of methoxy groups -OCH3 is 2. The van der Waals surface area contributed by atoms with Gasteiger partial charge in [-0.25, -0.2) is 4.79 Å². The van der Waals surface area contributed by atoms with Gasteiger partial charge in [-0.1, -0.05) is 17.7 Å². The van der Waals surface area contributed by atoms with Gasteiger partial charge in [-0.3, -0.25) is 4.79 Å². The largest absolute Gasteiger partial charge is 0.497 e. The second-order valence-electron chi connectivity index (χ2n) is 7.18. The number of ether oxygens (including phenoxy) is 2. The van der Waals surface area contributed by atoms with Crippen LogP contribution >= 0.6 is 11.6 Å². The van der Waals surface area contributed by atoms with Gasteiger partial charge in [-0.2, -0.15) is 0 Å². The van der Waals surface area contributed by atoms with Crippen molar-refractivity contribution >= 4 is 34.9 Å². The van der Waals surface area contributed by atoms with Gasteiger partial charge in [0, 0.05) is 43.0 Å². The molecule has 0 unspecified atom stereocenters. The molecule has 166 valence electrons. The van der Waals surface area contributed by atoms with Gasteiger partial charge in [0.05, 0.1) is 19.9 Å². The maximum atomic E-state index is 12.6. The predicted octanol–water partition coefficient (Wildman–Crippen LogP) is 3.22. The molecule has 0 spiro atoms. The molecule has 0 saturated carbocycles. The molecule has 1 aliphatic rings. The van der Waals surface area contributed by atoms with Gasteiger partial charge >= 0.3 is 6.03 Å². The second kappa shape index (κ2) is 10.3. The third-order valence-electron chi connectivity index (χ3n) is 5.14. The van der Waals surface area contributed by atoms with Crippen LogP contribution in [0.25, 0.3) is 0 Å². The van der Waals surface area contributed by atoms with Crippen LogP contribution in [0, 0.1) is 0 Å². The molecule has 1 heterocycles. The minimum absolute atomic E-state index is 0.268. The highest BCUT2D eigenvalue weighted by Gasteiger charge is 2.24. The molecule has 31 heavy (non-hydrogen) atoms. The number of carbonyl (C=O) groups is 2. The summed E-state index contributed by atoms with van der Waals surface area (Å²) in [7, 11) is 3.07. The van der Waals surface area contributed by atoms with Crippen molar-refractivity contribution in [3.63, 3.8) is 0 Å². The third kappa shape index (κ3) is 5.73. The Morgan fingerprint density at radius 1 is 1.03 bits per heavy atom. The van der Waals surface area contributed by atoms with Crippen LogP contribution in [-0.2, 0) is 4.79 Å². The molecule has 9 heteroatoms. The number of anilines is 2. The lowest BCUT2D eigenvalue weighted by Gasteiger charge is -2.36. The lowest BCUT2D eigenvalue weighted by molar-refractivity contribution is -0.117. The number of urea groups is 1. The SMILES string of the molecule is COc1ccc(NC(=O)[C@@H](C)NC(=O)N2CCN(c3cccc(Cl)c3)CC2)c(OC)c1. The van der Waals surface area contributed by atoms with Crippen molar-refractivity contribution in [3.05, 3.63) is 47.5 Å². The summed E-state index contributed by atoms with van der Waals surface area (Å²) in [6.07, 6.45) is 0. The highest BCUT2D eigenvalue weighted by atomic mass is 35.5. The Bertz CT molecular complexity index is 931. The Morgan fingerprint density at radius 2 is 1.77 bits per heavy atom. The molecule has 2 aromatic rings. The number of amides is 3. The molecule has 2 aromatic carbocycles. The zero-order valence-corrected chi connectivity index (χ0v) is 18.6. The van der Waals surface area contributed by atoms with Crippen molar-refractivity contribution in [1.82, 2.24) is 10.2 Å². The van der Waals surface area contributed by atoms with Crippen LogP contribution < -0.4 is 25.0 Å². The van der Waals surface area contributed by atoms with Gasteiger partial charge in [0.2, 0.25) is 5.91 Å². The summed E-state index contributed by atoms with van der Waals surface area (Å²) in [4.78, 5) is 29.1. The van der Waals surface area contributed by atoms with Crippen molar-refractivity contribution < 1.29 is 19.1 Å². The van der Waals surface area contributed by atoms with Crippen molar-refractivity contribution in [3.8, 4) is 11.5 Å². The first-order valence-corrected chi connectivity index (χ1v) is 10.4. The average molecular weight is 447 g/mol. The molecule has 2 N–H and O–H groups in total. The number of nitrogens with zero attached hydrogens (tertiary/aromatic N) is 2. The summed E-state index contributed by atoms with van der Waals surface area (Å²) in [5.74, 6) is 0.755. The van der Waals surface area contributed by atoms with Crippen LogP contribution in [0.5, 0.6) is 11.5 Å². The highest BCUT2D eigenvalue weighted by molar-refractivity contribution is 6.30. The van der Waals surface area contributed by atoms with Gasteiger partial charge in [-0.05, 0) is 37.3 Å². The van der Waals surface area contributed by atoms with Crippen LogP contribution in [0.4, 0.5) is 16.2 Å². The summed E-state index contributed by atoms with van der Waals surface area (Å²) in [5.41, 5.74) is 1.54. The van der Waals surface area contributed by atoms with Crippen molar-refractivity contribution in [2.75, 3.05) is 50.6 Å². The van der Waals surface area contributed by atoms with Crippen molar-refractivity contribution in [2.24, 2.45) is 0 Å². The van der Waals surface area contributed by atoms with Crippen LogP contribution in [0.3, 0.4) is 0 Å². The van der Waals surface area contributed by atoms with Gasteiger partial charge in [0.25, 0.3) is 0 Å². The van der Waals surface area contributed by atoms with E-state index in [2.05, 4.69) is 15.5 Å². The van der Waals surface area contributed by atoms with E-state index < -0.39 is 6.04 Å². The van der Waals surface area contributed by atoms with E-state index in [1.165, 1.54) is 7.11 Å². The first-order chi connectivity index (χ1) is 14.9. The summed E-state index contributed by atoms with van der Waals surface area (Å²) in [6, 6.07) is 11.8. The normalized spacial score (nSPS) is 14.6. The second-order valence-corrected chi connectivity index (χ2v) is 7.62. The van der Waals surface area contributed by atoms with Crippen LogP contribution in [0.15, 0.2) is 42.5 Å². The van der Waals surface area contributed by atoms with Crippen LogP contribution in [0.2, 0.25) is 5.02 Å². The first kappa shape index (κ1) is 22.6. The van der Waals surface area contributed by atoms with Gasteiger partial charge in [0.15, 0.2) is 0 Å². The monoisotopic (exact) mass is 446 g/mol. The number of piperazine rings is 1. The smallest absolute Gasteiger partial charge is 0.318 e. The number of halogens is 1. The summed E-state index contributed by atoms with van der Waals surface area (Å²) in [6.45, 7) is 4.14. The predicted molar refractivity (Wildman–Crippen MR) is 121 cm³/mol. The van der Waals surface area contributed by atoms with Gasteiger partial charge in [0.1, 0.15) is 17.5 Å². The van der Waals surface area contributed by atoms with Crippen molar-refractivity contribution in [2.45, 2.75) is 13.0 Å². The molecule has 0 aromatic heterocycles. The summed E-state index contributed by atoms with van der Waals surface area (Å²) < 4.78 is 10.5. The van der Waals surface area contributed by atoms with Gasteiger partial charge in [-0.15, -0.1) is 0 Å². The van der Waals surface area contributed by atoms with E-state index in [9.17, 15) is 9.59 Å². The maximum absolute atomic E-state index is 12.6. The molecule has 1 aliphatic heterocycles. The van der Waals surface area contributed by atoms with E-state index in [-0.39, 0.29) is 11.9 Å². The van der Waals surface area contributed by atoms with E-state index in [1.807, 2.05) is 24.3 Å². The standard InChI is InChI=1S/C22H27ClN4O4/c1-15(21(28)25-19-8-7-18(30-2)14-20(19)31-3)24-22(29)27-11-9-26(10-12-27)17-6-4-5-16(23)13-17/h4-8,13-15H,9-12H2,1-3H3,(H,24,29)(H,25,28)/t15-/m1/s1. The highest BCUT2D eigenvalue weighted by Crippen LogP contribution is 2.29. The van der Waals surface area contributed by atoms with E-state index in [1.54, 1.807) is 37.1 Å². The first-order valence-electron chi connectivity index (χ1n) is 10.00. The van der Waals surface area contributed by atoms with Crippen LogP contribution in [-0.4, -0.2) is 63.3 Å². The molecule has 3 rings (SSSR count). The topological polar surface area (TPSA) is 83.1 Å². The fourth-order valence-electron chi connectivity index (χ4n) is 3.33. The number of benzene rings is 2. The molecule has 1 fully saturated rings. The molecular formula is C22H27ClN4O4. The zero-order chi connectivity index (χ0) is 22.4. The Balaban J connectivity index is 1.52. The van der Waals surface area contributed by atoms with Crippen LogP contribution in [0.1, 0.15) is 6.92 Å². The number of carbonyl (C=O) groups excluding carboxylic acids is 2. The maximum Gasteiger partial charge on any atom is 0.318 e. The Hall–Kier alpha value is -3.13. The van der Waals surface area contributed by atoms with Gasteiger partial charge < -0.3 is 29.9 Å². The molecular weight excluding hydrogens is 420 g/mol. The number of rotatable bonds is 6. The molecule has 1 saturated heterocycles. The fourth-order valence-corrected chi connectivity index (χ4v) is 3.51. The number of hydrogen-bond donors (Lipinski definition) is 2. The number of nitrogens with one attached hydrogen (secondary N) is 2. The average Bonchev–Trinajstić information content (AvgIpc) is 2.79. The minimum atomic E-state index is -0.717. The Morgan fingerprint density at radius 3 is 2.42 bits per heavy atom. The number of hydrogen-bond acceptors (Lipinski definition) is 5. The van der Waals surface area contributed by atoms with Crippen molar-refractivity contribution in [1.29, 1.82) is 0 Å². The molecule has 0 aliphatic carbocycles. The molecule has 1 atom stereocenters. The van der Waals surface area contributed by atoms with E-state index in [4.69, 9.17) is 21.1 Å². The van der Waals surface area contributed by atoms with E-state index in [0.717, 1.165) is 5.69 Å². The summed E-state index contributed by atoms with van der Waals surface area (Å²) >= 11 is 6.07. The molecule has 0 bridgehead atoms. The molecule has 8 nitrogen and oxygen atoms in total. The summed E-state index contributed by atoms with van der Waals surface area (Å²) in [5, 5.41) is 6.23. The lowest BCUT2D eigenvalue weighted by Crippen LogP contribution is -2.54. The van der Waals surface area contributed by atoms with E-state index in [0.29, 0.717) is 48.4 Å². The fraction of sp³-hybridized carbons (Fsp3) is 0.364. The molecule has 3 amide bonds.